The predicted octanol–water partition coefficient (Wildman–Crippen LogP) is 2.18. The molecule has 0 spiro atoms. The molecule has 0 aromatic heterocycles. The Morgan fingerprint density at radius 1 is 1.21 bits per heavy atom. The lowest BCUT2D eigenvalue weighted by atomic mass is 10.1. The molecule has 1 aliphatic heterocycles. The average Bonchev–Trinajstić information content (AvgIpc) is 2.93. The summed E-state index contributed by atoms with van der Waals surface area (Å²) in [4.78, 5) is 13.4. The van der Waals surface area contributed by atoms with Crippen LogP contribution >= 0.6 is 0 Å². The van der Waals surface area contributed by atoms with Gasteiger partial charge in [-0.2, -0.15) is 0 Å². The van der Waals surface area contributed by atoms with Crippen molar-refractivity contribution < 1.29 is 9.53 Å². The number of ether oxygens (including phenoxy) is 1. The fraction of sp³-hybridized carbons (Fsp3) is 0.533. The van der Waals surface area contributed by atoms with Crippen LogP contribution in [0.25, 0.3) is 0 Å². The molecule has 0 bridgehead atoms. The molecule has 4 nitrogen and oxygen atoms in total. The van der Waals surface area contributed by atoms with E-state index in [1.165, 1.54) is 44.2 Å². The number of nitrogens with zero attached hydrogens (tertiary/aromatic N) is 1. The summed E-state index contributed by atoms with van der Waals surface area (Å²) in [5, 5.41) is 2.68. The van der Waals surface area contributed by atoms with Crippen LogP contribution in [-0.2, 0) is 17.7 Å². The van der Waals surface area contributed by atoms with Gasteiger partial charge in [0.05, 0.1) is 7.11 Å². The summed E-state index contributed by atoms with van der Waals surface area (Å²) in [5.41, 5.74) is 2.60. The lowest BCUT2D eigenvalue weighted by Crippen LogP contribution is -2.25. The molecule has 19 heavy (non-hydrogen) atoms. The molecule has 0 unspecified atom stereocenters. The van der Waals surface area contributed by atoms with Crippen LogP contribution in [0.1, 0.15) is 24.0 Å². The van der Waals surface area contributed by atoms with Crippen molar-refractivity contribution in [1.82, 2.24) is 10.2 Å². The van der Waals surface area contributed by atoms with E-state index in [4.69, 9.17) is 0 Å². The summed E-state index contributed by atoms with van der Waals surface area (Å²) in [5.74, 6) is 0. The van der Waals surface area contributed by atoms with Crippen molar-refractivity contribution in [2.75, 3.05) is 26.7 Å². The molecular weight excluding hydrogens is 240 g/mol. The number of methoxy groups -OCH3 is 1. The highest BCUT2D eigenvalue weighted by Crippen LogP contribution is 2.13. The van der Waals surface area contributed by atoms with Crippen LogP contribution in [0.3, 0.4) is 0 Å². The van der Waals surface area contributed by atoms with Gasteiger partial charge in [-0.3, -0.25) is 4.90 Å². The number of likely N-dealkylation sites (tertiary alicyclic amines) is 1. The van der Waals surface area contributed by atoms with Crippen LogP contribution < -0.4 is 5.32 Å². The van der Waals surface area contributed by atoms with Crippen LogP contribution in [0.15, 0.2) is 24.3 Å². The predicted molar refractivity (Wildman–Crippen MR) is 75.1 cm³/mol. The van der Waals surface area contributed by atoms with Crippen molar-refractivity contribution in [3.05, 3.63) is 35.4 Å². The zero-order valence-electron chi connectivity index (χ0n) is 11.5. The van der Waals surface area contributed by atoms with E-state index in [9.17, 15) is 4.79 Å². The number of carbonyl (C=O) groups excluding carboxylic acids is 1. The Bertz CT molecular complexity index is 397. The molecule has 1 aliphatic rings. The van der Waals surface area contributed by atoms with Gasteiger partial charge in [-0.05, 0) is 43.5 Å². The van der Waals surface area contributed by atoms with Crippen molar-refractivity contribution in [2.45, 2.75) is 25.8 Å². The third kappa shape index (κ3) is 4.56. The molecule has 1 fully saturated rings. The average molecular weight is 262 g/mol. The number of hydrogen-bond acceptors (Lipinski definition) is 3. The third-order valence-corrected chi connectivity index (χ3v) is 3.50. The monoisotopic (exact) mass is 262 g/mol. The summed E-state index contributed by atoms with van der Waals surface area (Å²) in [6.45, 7) is 4.12. The van der Waals surface area contributed by atoms with E-state index >= 15 is 0 Å². The summed E-state index contributed by atoms with van der Waals surface area (Å²) < 4.78 is 4.53. The lowest BCUT2D eigenvalue weighted by molar-refractivity contribution is 0.171. The van der Waals surface area contributed by atoms with Gasteiger partial charge >= 0.3 is 6.09 Å². The standard InChI is InChI=1S/C15H22N2O2/c1-19-15(18)16-9-8-13-4-6-14(7-5-13)12-17-10-2-3-11-17/h4-7H,2-3,8-12H2,1H3,(H,16,18). The second kappa shape index (κ2) is 7.14. The number of benzene rings is 1. The third-order valence-electron chi connectivity index (χ3n) is 3.50. The van der Waals surface area contributed by atoms with Crippen LogP contribution in [0.4, 0.5) is 4.79 Å². The molecule has 0 radical (unpaired) electrons. The number of nitrogens with one attached hydrogen (secondary N) is 1. The van der Waals surface area contributed by atoms with Crippen molar-refractivity contribution in [1.29, 1.82) is 0 Å². The van der Waals surface area contributed by atoms with Crippen molar-refractivity contribution in [3.8, 4) is 0 Å². The molecule has 1 aromatic carbocycles. The van der Waals surface area contributed by atoms with Gasteiger partial charge < -0.3 is 10.1 Å². The van der Waals surface area contributed by atoms with Crippen LogP contribution in [0, 0.1) is 0 Å². The minimum Gasteiger partial charge on any atom is -0.453 e. The first-order valence-corrected chi connectivity index (χ1v) is 6.90. The SMILES string of the molecule is COC(=O)NCCc1ccc(CN2CCCC2)cc1. The summed E-state index contributed by atoms with van der Waals surface area (Å²) in [7, 11) is 1.38. The molecule has 0 aliphatic carbocycles. The maximum atomic E-state index is 10.9. The molecular formula is C15H22N2O2. The first-order valence-electron chi connectivity index (χ1n) is 6.90. The first-order chi connectivity index (χ1) is 9.28. The van der Waals surface area contributed by atoms with Crippen LogP contribution in [0.2, 0.25) is 0 Å². The summed E-state index contributed by atoms with van der Waals surface area (Å²) in [6, 6.07) is 8.66. The number of amides is 1. The number of hydrogen-bond donors (Lipinski definition) is 1. The Morgan fingerprint density at radius 3 is 2.47 bits per heavy atom. The Kier molecular flexibility index (Phi) is 5.21. The van der Waals surface area contributed by atoms with Gasteiger partial charge in [0, 0.05) is 13.1 Å². The van der Waals surface area contributed by atoms with E-state index in [0.29, 0.717) is 6.54 Å². The molecule has 1 saturated heterocycles. The topological polar surface area (TPSA) is 41.6 Å². The molecule has 1 heterocycles. The van der Waals surface area contributed by atoms with E-state index in [-0.39, 0.29) is 6.09 Å². The van der Waals surface area contributed by atoms with E-state index in [1.807, 2.05) is 0 Å². The van der Waals surface area contributed by atoms with E-state index < -0.39 is 0 Å². The van der Waals surface area contributed by atoms with Gasteiger partial charge in [-0.15, -0.1) is 0 Å². The molecule has 0 saturated carbocycles. The number of carbonyl (C=O) groups is 1. The molecule has 4 heteroatoms. The van der Waals surface area contributed by atoms with Gasteiger partial charge in [0.1, 0.15) is 0 Å². The molecule has 1 aromatic rings. The first kappa shape index (κ1) is 13.9. The Hall–Kier alpha value is -1.55. The van der Waals surface area contributed by atoms with Gasteiger partial charge in [-0.1, -0.05) is 24.3 Å². The zero-order valence-corrected chi connectivity index (χ0v) is 11.5. The van der Waals surface area contributed by atoms with Gasteiger partial charge in [0.25, 0.3) is 0 Å². The molecule has 1 amide bonds. The molecule has 104 valence electrons. The minimum atomic E-state index is -0.370. The Balaban J connectivity index is 1.75. The molecule has 1 N–H and O–H groups in total. The lowest BCUT2D eigenvalue weighted by Gasteiger charge is -2.14. The highest BCUT2D eigenvalue weighted by molar-refractivity contribution is 5.66. The normalized spacial score (nSPS) is 15.4. The van der Waals surface area contributed by atoms with Crippen molar-refractivity contribution in [3.63, 3.8) is 0 Å². The maximum absolute atomic E-state index is 10.9. The largest absolute Gasteiger partial charge is 0.453 e. The van der Waals surface area contributed by atoms with Crippen molar-refractivity contribution >= 4 is 6.09 Å². The second-order valence-electron chi connectivity index (χ2n) is 4.97. The van der Waals surface area contributed by atoms with Crippen LogP contribution in [-0.4, -0.2) is 37.7 Å². The van der Waals surface area contributed by atoms with E-state index in [1.54, 1.807) is 0 Å². The Labute approximate surface area is 114 Å². The fourth-order valence-electron chi connectivity index (χ4n) is 2.39. The maximum Gasteiger partial charge on any atom is 0.406 e. The summed E-state index contributed by atoms with van der Waals surface area (Å²) in [6.07, 6.45) is 3.12. The van der Waals surface area contributed by atoms with Crippen molar-refractivity contribution in [2.24, 2.45) is 0 Å². The summed E-state index contributed by atoms with van der Waals surface area (Å²) >= 11 is 0. The fourth-order valence-corrected chi connectivity index (χ4v) is 2.39. The second-order valence-corrected chi connectivity index (χ2v) is 4.97. The molecule has 0 atom stereocenters. The zero-order chi connectivity index (χ0) is 13.5. The highest BCUT2D eigenvalue weighted by atomic mass is 16.5. The van der Waals surface area contributed by atoms with Crippen LogP contribution in [0.5, 0.6) is 0 Å². The number of rotatable bonds is 5. The minimum absolute atomic E-state index is 0.370. The number of alkyl carbamates (subject to hydrolysis) is 1. The smallest absolute Gasteiger partial charge is 0.406 e. The van der Waals surface area contributed by atoms with Gasteiger partial charge in [-0.25, -0.2) is 4.79 Å². The highest BCUT2D eigenvalue weighted by Gasteiger charge is 2.11. The van der Waals surface area contributed by atoms with Gasteiger partial charge in [0.2, 0.25) is 0 Å². The molecule has 2 rings (SSSR count). The quantitative estimate of drug-likeness (QED) is 0.884. The van der Waals surface area contributed by atoms with E-state index in [0.717, 1.165) is 13.0 Å². The Morgan fingerprint density at radius 2 is 1.84 bits per heavy atom. The van der Waals surface area contributed by atoms with E-state index in [2.05, 4.69) is 39.2 Å². The van der Waals surface area contributed by atoms with Gasteiger partial charge in [0.15, 0.2) is 0 Å².